The summed E-state index contributed by atoms with van der Waals surface area (Å²) in [4.78, 5) is 36.2. The Kier molecular flexibility index (Phi) is 5.37. The van der Waals surface area contributed by atoms with E-state index in [1.54, 1.807) is 0 Å². The number of hydrogen-bond acceptors (Lipinski definition) is 6. The minimum absolute atomic E-state index is 0.192. The van der Waals surface area contributed by atoms with Crippen molar-refractivity contribution in [3.8, 4) is 0 Å². The van der Waals surface area contributed by atoms with E-state index in [0.29, 0.717) is 11.8 Å². The van der Waals surface area contributed by atoms with Crippen LogP contribution >= 0.6 is 0 Å². The maximum absolute atomic E-state index is 12.6. The molecular weight excluding hydrogens is 348 g/mol. The number of carbonyl (C=O) groups is 3. The van der Waals surface area contributed by atoms with Gasteiger partial charge in [-0.2, -0.15) is 0 Å². The van der Waals surface area contributed by atoms with E-state index in [1.807, 2.05) is 6.92 Å². The Morgan fingerprint density at radius 2 is 1.37 bits per heavy atom. The van der Waals surface area contributed by atoms with E-state index in [0.717, 1.165) is 37.5 Å². The highest BCUT2D eigenvalue weighted by atomic mass is 16.6. The first-order valence-corrected chi connectivity index (χ1v) is 9.90. The number of hydrogen-bond donors (Lipinski definition) is 0. The van der Waals surface area contributed by atoms with Crippen molar-refractivity contribution in [2.24, 2.45) is 23.7 Å². The molecule has 0 saturated heterocycles. The lowest BCUT2D eigenvalue weighted by Crippen LogP contribution is -2.58. The van der Waals surface area contributed by atoms with Gasteiger partial charge in [0.05, 0.1) is 0 Å². The maximum Gasteiger partial charge on any atom is 0.348 e. The monoisotopic (exact) mass is 378 g/mol. The SMILES string of the molecule is C=C(C)C(=O)OC(C)C(=O)OC(C)C(=O)OC1(C)C2CC3CC(C2)CC1C3. The summed E-state index contributed by atoms with van der Waals surface area (Å²) in [6.07, 6.45) is 3.67. The van der Waals surface area contributed by atoms with Crippen molar-refractivity contribution in [2.45, 2.75) is 77.6 Å². The quantitative estimate of drug-likeness (QED) is 0.401. The Balaban J connectivity index is 1.55. The lowest BCUT2D eigenvalue weighted by molar-refractivity contribution is -0.213. The van der Waals surface area contributed by atoms with E-state index < -0.39 is 35.7 Å². The Labute approximate surface area is 160 Å². The van der Waals surface area contributed by atoms with Crippen LogP contribution in [0.4, 0.5) is 0 Å². The third-order valence-electron chi connectivity index (χ3n) is 6.67. The highest BCUT2D eigenvalue weighted by molar-refractivity contribution is 5.89. The summed E-state index contributed by atoms with van der Waals surface area (Å²) in [5, 5.41) is 0. The minimum atomic E-state index is -1.11. The molecule has 4 fully saturated rings. The van der Waals surface area contributed by atoms with E-state index in [9.17, 15) is 14.4 Å². The lowest BCUT2D eigenvalue weighted by atomic mass is 9.50. The molecule has 2 unspecified atom stereocenters. The summed E-state index contributed by atoms with van der Waals surface area (Å²) in [5.41, 5.74) is -0.277. The van der Waals surface area contributed by atoms with Gasteiger partial charge in [-0.15, -0.1) is 0 Å². The van der Waals surface area contributed by atoms with Gasteiger partial charge in [0.2, 0.25) is 0 Å². The van der Waals surface area contributed by atoms with Crippen molar-refractivity contribution in [3.63, 3.8) is 0 Å². The molecule has 27 heavy (non-hydrogen) atoms. The van der Waals surface area contributed by atoms with Crippen LogP contribution in [-0.2, 0) is 28.6 Å². The van der Waals surface area contributed by atoms with Crippen LogP contribution in [0.15, 0.2) is 12.2 Å². The molecule has 2 atom stereocenters. The maximum atomic E-state index is 12.6. The van der Waals surface area contributed by atoms with Gasteiger partial charge in [0, 0.05) is 5.57 Å². The lowest BCUT2D eigenvalue weighted by Gasteiger charge is -2.59. The molecule has 0 amide bonds. The van der Waals surface area contributed by atoms with Gasteiger partial charge < -0.3 is 14.2 Å². The molecule has 4 aliphatic carbocycles. The molecule has 4 rings (SSSR count). The number of ether oxygens (including phenoxy) is 3. The van der Waals surface area contributed by atoms with Crippen LogP contribution in [0.5, 0.6) is 0 Å². The molecule has 150 valence electrons. The van der Waals surface area contributed by atoms with Crippen molar-refractivity contribution >= 4 is 17.9 Å². The topological polar surface area (TPSA) is 78.9 Å². The molecule has 0 heterocycles. The molecule has 0 aromatic carbocycles. The Bertz CT molecular complexity index is 623. The fourth-order valence-electron chi connectivity index (χ4n) is 5.21. The summed E-state index contributed by atoms with van der Waals surface area (Å²) in [7, 11) is 0. The first-order valence-electron chi connectivity index (χ1n) is 9.90. The van der Waals surface area contributed by atoms with Crippen LogP contribution in [0.1, 0.15) is 59.8 Å². The van der Waals surface area contributed by atoms with Crippen LogP contribution in [-0.4, -0.2) is 35.7 Å². The Morgan fingerprint density at radius 3 is 1.85 bits per heavy atom. The summed E-state index contributed by atoms with van der Waals surface area (Å²) in [5.74, 6) is 0.376. The zero-order chi connectivity index (χ0) is 19.9. The second-order valence-corrected chi connectivity index (χ2v) is 8.82. The number of esters is 3. The highest BCUT2D eigenvalue weighted by Gasteiger charge is 2.57. The molecule has 4 bridgehead atoms. The largest absolute Gasteiger partial charge is 0.456 e. The molecule has 4 saturated carbocycles. The highest BCUT2D eigenvalue weighted by Crippen LogP contribution is 2.59. The van der Waals surface area contributed by atoms with Gasteiger partial charge in [-0.25, -0.2) is 14.4 Å². The molecule has 0 N–H and O–H groups in total. The Hall–Kier alpha value is -1.85. The predicted molar refractivity (Wildman–Crippen MR) is 97.5 cm³/mol. The van der Waals surface area contributed by atoms with E-state index in [4.69, 9.17) is 14.2 Å². The molecular formula is C21H30O6. The van der Waals surface area contributed by atoms with E-state index in [1.165, 1.54) is 27.2 Å². The van der Waals surface area contributed by atoms with Crippen LogP contribution < -0.4 is 0 Å². The average molecular weight is 378 g/mol. The van der Waals surface area contributed by atoms with Gasteiger partial charge in [0.1, 0.15) is 5.60 Å². The standard InChI is InChI=1S/C21H30O6/c1-11(2)18(22)25-12(3)19(23)26-13(4)20(24)27-21(5)16-7-14-6-15(9-16)10-17(21)8-14/h12-17H,1,6-10H2,2-5H3. The molecule has 4 aliphatic rings. The summed E-state index contributed by atoms with van der Waals surface area (Å²) < 4.78 is 16.0. The van der Waals surface area contributed by atoms with Crippen LogP contribution in [0.2, 0.25) is 0 Å². The number of carbonyl (C=O) groups excluding carboxylic acids is 3. The average Bonchev–Trinajstić information content (AvgIpc) is 2.58. The predicted octanol–water partition coefficient (Wildman–Crippen LogP) is 3.18. The number of rotatable bonds is 6. The Morgan fingerprint density at radius 1 is 0.889 bits per heavy atom. The molecule has 0 aromatic rings. The van der Waals surface area contributed by atoms with Crippen molar-refractivity contribution in [2.75, 3.05) is 0 Å². The van der Waals surface area contributed by atoms with Crippen LogP contribution in [0, 0.1) is 23.7 Å². The van der Waals surface area contributed by atoms with Gasteiger partial charge in [-0.05, 0) is 83.5 Å². The second kappa shape index (κ2) is 7.28. The van der Waals surface area contributed by atoms with Crippen LogP contribution in [0.25, 0.3) is 0 Å². The molecule has 0 radical (unpaired) electrons. The molecule has 0 aromatic heterocycles. The summed E-state index contributed by atoms with van der Waals surface area (Å²) in [6.45, 7) is 9.90. The smallest absolute Gasteiger partial charge is 0.348 e. The van der Waals surface area contributed by atoms with Crippen LogP contribution in [0.3, 0.4) is 0 Å². The second-order valence-electron chi connectivity index (χ2n) is 8.82. The zero-order valence-electron chi connectivity index (χ0n) is 16.7. The summed E-state index contributed by atoms with van der Waals surface area (Å²) >= 11 is 0. The van der Waals surface area contributed by atoms with Gasteiger partial charge in [-0.3, -0.25) is 0 Å². The van der Waals surface area contributed by atoms with Crippen molar-refractivity contribution < 1.29 is 28.6 Å². The normalized spacial score (nSPS) is 35.9. The summed E-state index contributed by atoms with van der Waals surface area (Å²) in [6, 6.07) is 0. The molecule has 6 heteroatoms. The third-order valence-corrected chi connectivity index (χ3v) is 6.67. The van der Waals surface area contributed by atoms with Crippen molar-refractivity contribution in [1.29, 1.82) is 0 Å². The van der Waals surface area contributed by atoms with E-state index >= 15 is 0 Å². The van der Waals surface area contributed by atoms with Crippen molar-refractivity contribution in [3.05, 3.63) is 12.2 Å². The fourth-order valence-corrected chi connectivity index (χ4v) is 5.21. The first-order chi connectivity index (χ1) is 12.6. The van der Waals surface area contributed by atoms with Crippen molar-refractivity contribution in [1.82, 2.24) is 0 Å². The van der Waals surface area contributed by atoms with E-state index in [2.05, 4.69) is 6.58 Å². The van der Waals surface area contributed by atoms with Gasteiger partial charge in [-0.1, -0.05) is 6.58 Å². The third kappa shape index (κ3) is 3.90. The van der Waals surface area contributed by atoms with Gasteiger partial charge in [0.15, 0.2) is 12.2 Å². The van der Waals surface area contributed by atoms with Gasteiger partial charge >= 0.3 is 17.9 Å². The zero-order valence-corrected chi connectivity index (χ0v) is 16.7. The van der Waals surface area contributed by atoms with Gasteiger partial charge in [0.25, 0.3) is 0 Å². The minimum Gasteiger partial charge on any atom is -0.456 e. The van der Waals surface area contributed by atoms with E-state index in [-0.39, 0.29) is 5.57 Å². The molecule has 6 nitrogen and oxygen atoms in total. The molecule has 0 spiro atoms. The first kappa shape index (κ1) is 19.9. The molecule has 0 aliphatic heterocycles. The fraction of sp³-hybridized carbons (Fsp3) is 0.762.